The van der Waals surface area contributed by atoms with Gasteiger partial charge in [0.05, 0.1) is 6.04 Å². The minimum absolute atomic E-state index is 0.0703. The number of nitrogens with two attached hydrogens (primary N) is 1. The molecule has 0 aliphatic rings. The first-order valence-electron chi connectivity index (χ1n) is 4.97. The number of hydrogen-bond acceptors (Lipinski definition) is 2. The Hall–Kier alpha value is -2.04. The number of benzene rings is 1. The second-order valence-corrected chi connectivity index (χ2v) is 3.64. The lowest BCUT2D eigenvalue weighted by atomic mass is 10.2. The van der Waals surface area contributed by atoms with E-state index >= 15 is 0 Å². The van der Waals surface area contributed by atoms with Crippen LogP contribution in [0.1, 0.15) is 12.5 Å². The molecule has 0 aliphatic carbocycles. The first kappa shape index (κ1) is 12.0. The van der Waals surface area contributed by atoms with Gasteiger partial charge in [-0.3, -0.25) is 5.41 Å². The zero-order valence-corrected chi connectivity index (χ0v) is 9.37. The lowest BCUT2D eigenvalue weighted by Gasteiger charge is -2.13. The zero-order valence-electron chi connectivity index (χ0n) is 9.37. The summed E-state index contributed by atoms with van der Waals surface area (Å²) in [6, 6.07) is 6.60. The van der Waals surface area contributed by atoms with Crippen molar-refractivity contribution in [3.05, 3.63) is 29.8 Å². The molecule has 16 heavy (non-hydrogen) atoms. The highest BCUT2D eigenvalue weighted by atomic mass is 16.2. The van der Waals surface area contributed by atoms with E-state index in [0.29, 0.717) is 5.69 Å². The highest BCUT2D eigenvalue weighted by Gasteiger charge is 2.08. The highest BCUT2D eigenvalue weighted by molar-refractivity contribution is 5.93. The second kappa shape index (κ2) is 5.16. The molecule has 5 N–H and O–H groups in total. The van der Waals surface area contributed by atoms with Gasteiger partial charge in [0.15, 0.2) is 0 Å². The molecule has 1 rings (SSSR count). The average molecular weight is 220 g/mol. The molecule has 1 atom stereocenters. The van der Waals surface area contributed by atoms with Gasteiger partial charge in [-0.2, -0.15) is 0 Å². The molecule has 5 heteroatoms. The number of carbonyl (C=O) groups excluding carboxylic acids is 1. The second-order valence-electron chi connectivity index (χ2n) is 3.64. The van der Waals surface area contributed by atoms with Crippen LogP contribution in [0, 0.1) is 12.3 Å². The number of amides is 2. The van der Waals surface area contributed by atoms with E-state index in [2.05, 4.69) is 10.6 Å². The quantitative estimate of drug-likeness (QED) is 0.458. The summed E-state index contributed by atoms with van der Waals surface area (Å²) in [5.74, 6) is -0.0703. The Bertz CT molecular complexity index is 385. The van der Waals surface area contributed by atoms with Gasteiger partial charge >= 0.3 is 6.03 Å². The molecule has 0 radical (unpaired) electrons. The number of hydrogen-bond donors (Lipinski definition) is 4. The Morgan fingerprint density at radius 2 is 1.94 bits per heavy atom. The minimum Gasteiger partial charge on any atom is -0.386 e. The summed E-state index contributed by atoms with van der Waals surface area (Å²) in [7, 11) is 0. The third kappa shape index (κ3) is 3.61. The van der Waals surface area contributed by atoms with Crippen LogP contribution in [0.3, 0.4) is 0 Å². The van der Waals surface area contributed by atoms with Crippen LogP contribution >= 0.6 is 0 Å². The van der Waals surface area contributed by atoms with E-state index in [1.807, 2.05) is 31.2 Å². The van der Waals surface area contributed by atoms with Crippen molar-refractivity contribution >= 4 is 17.6 Å². The predicted octanol–water partition coefficient (Wildman–Crippen LogP) is 1.44. The topological polar surface area (TPSA) is 91.0 Å². The SMILES string of the molecule is Cc1ccc(NC(=O)NC(C)C(=N)N)cc1. The fourth-order valence-electron chi connectivity index (χ4n) is 1.08. The summed E-state index contributed by atoms with van der Waals surface area (Å²) in [5, 5.41) is 12.3. The maximum atomic E-state index is 11.4. The molecule has 1 aromatic rings. The molecule has 0 heterocycles. The zero-order chi connectivity index (χ0) is 12.1. The molecule has 0 aliphatic heterocycles. The Labute approximate surface area is 94.5 Å². The van der Waals surface area contributed by atoms with E-state index in [0.717, 1.165) is 5.56 Å². The Balaban J connectivity index is 2.52. The lowest BCUT2D eigenvalue weighted by Crippen LogP contribution is -2.43. The van der Waals surface area contributed by atoms with Gasteiger partial charge in [-0.25, -0.2) is 4.79 Å². The van der Waals surface area contributed by atoms with Crippen LogP contribution in [0.15, 0.2) is 24.3 Å². The Kier molecular flexibility index (Phi) is 3.88. The van der Waals surface area contributed by atoms with E-state index in [1.165, 1.54) is 0 Å². The first-order valence-corrected chi connectivity index (χ1v) is 4.97. The smallest absolute Gasteiger partial charge is 0.319 e. The lowest BCUT2D eigenvalue weighted by molar-refractivity contribution is 0.251. The van der Waals surface area contributed by atoms with Gasteiger partial charge < -0.3 is 16.4 Å². The molecule has 5 nitrogen and oxygen atoms in total. The van der Waals surface area contributed by atoms with Gasteiger partial charge in [0.1, 0.15) is 5.84 Å². The molecule has 0 fully saturated rings. The van der Waals surface area contributed by atoms with Gasteiger partial charge in [-0.15, -0.1) is 0 Å². The fraction of sp³-hybridized carbons (Fsp3) is 0.273. The van der Waals surface area contributed by atoms with E-state index in [1.54, 1.807) is 6.92 Å². The van der Waals surface area contributed by atoms with Crippen LogP contribution in [-0.4, -0.2) is 17.9 Å². The number of carbonyl (C=O) groups is 1. The van der Waals surface area contributed by atoms with Crippen LogP contribution in [-0.2, 0) is 0 Å². The van der Waals surface area contributed by atoms with E-state index in [4.69, 9.17) is 11.1 Å². The van der Waals surface area contributed by atoms with Crippen LogP contribution in [0.4, 0.5) is 10.5 Å². The van der Waals surface area contributed by atoms with Crippen LogP contribution in [0.5, 0.6) is 0 Å². The largest absolute Gasteiger partial charge is 0.386 e. The van der Waals surface area contributed by atoms with Crippen LogP contribution in [0.25, 0.3) is 0 Å². The molecule has 2 amide bonds. The molecule has 0 saturated heterocycles. The predicted molar refractivity (Wildman–Crippen MR) is 64.7 cm³/mol. The normalized spacial score (nSPS) is 11.6. The van der Waals surface area contributed by atoms with Crippen molar-refractivity contribution in [1.82, 2.24) is 5.32 Å². The monoisotopic (exact) mass is 220 g/mol. The third-order valence-electron chi connectivity index (χ3n) is 2.12. The van der Waals surface area contributed by atoms with Crippen molar-refractivity contribution in [2.45, 2.75) is 19.9 Å². The summed E-state index contributed by atoms with van der Waals surface area (Å²) in [6.07, 6.45) is 0. The fourth-order valence-corrected chi connectivity index (χ4v) is 1.08. The van der Waals surface area contributed by atoms with Crippen molar-refractivity contribution in [1.29, 1.82) is 5.41 Å². The Morgan fingerprint density at radius 1 is 1.38 bits per heavy atom. The van der Waals surface area contributed by atoms with Crippen LogP contribution in [0.2, 0.25) is 0 Å². The van der Waals surface area contributed by atoms with E-state index in [9.17, 15) is 4.79 Å². The molecule has 0 spiro atoms. The average Bonchev–Trinajstić information content (AvgIpc) is 2.21. The molecule has 0 bridgehead atoms. The summed E-state index contributed by atoms with van der Waals surface area (Å²) in [5.41, 5.74) is 7.07. The first-order chi connectivity index (χ1) is 7.49. The summed E-state index contributed by atoms with van der Waals surface area (Å²) in [4.78, 5) is 11.4. The van der Waals surface area contributed by atoms with Crippen molar-refractivity contribution < 1.29 is 4.79 Å². The van der Waals surface area contributed by atoms with Crippen LogP contribution < -0.4 is 16.4 Å². The third-order valence-corrected chi connectivity index (χ3v) is 2.12. The molecule has 1 unspecified atom stereocenters. The Morgan fingerprint density at radius 3 is 2.44 bits per heavy atom. The summed E-state index contributed by atoms with van der Waals surface area (Å²) < 4.78 is 0. The standard InChI is InChI=1S/C11H16N4O/c1-7-3-5-9(6-4-7)15-11(16)14-8(2)10(12)13/h3-6,8H,1-2H3,(H3,12,13)(H2,14,15,16). The number of amidine groups is 1. The summed E-state index contributed by atoms with van der Waals surface area (Å²) >= 11 is 0. The number of anilines is 1. The van der Waals surface area contributed by atoms with Gasteiger partial charge in [-0.1, -0.05) is 17.7 Å². The molecule has 0 saturated carbocycles. The van der Waals surface area contributed by atoms with Crippen molar-refractivity contribution in [2.75, 3.05) is 5.32 Å². The molecule has 86 valence electrons. The molecule has 1 aromatic carbocycles. The molecular weight excluding hydrogens is 204 g/mol. The minimum atomic E-state index is -0.467. The maximum absolute atomic E-state index is 11.4. The van der Waals surface area contributed by atoms with Crippen molar-refractivity contribution in [3.63, 3.8) is 0 Å². The molecule has 0 aromatic heterocycles. The number of rotatable bonds is 3. The van der Waals surface area contributed by atoms with E-state index in [-0.39, 0.29) is 11.9 Å². The van der Waals surface area contributed by atoms with Gasteiger partial charge in [0.25, 0.3) is 0 Å². The van der Waals surface area contributed by atoms with E-state index < -0.39 is 6.04 Å². The number of nitrogens with one attached hydrogen (secondary N) is 3. The van der Waals surface area contributed by atoms with Crippen molar-refractivity contribution in [2.24, 2.45) is 5.73 Å². The number of aryl methyl sites for hydroxylation is 1. The molecular formula is C11H16N4O. The van der Waals surface area contributed by atoms with Gasteiger partial charge in [-0.05, 0) is 26.0 Å². The summed E-state index contributed by atoms with van der Waals surface area (Å²) in [6.45, 7) is 3.62. The van der Waals surface area contributed by atoms with Crippen molar-refractivity contribution in [3.8, 4) is 0 Å². The van der Waals surface area contributed by atoms with Gasteiger partial charge in [0.2, 0.25) is 0 Å². The number of urea groups is 1. The maximum Gasteiger partial charge on any atom is 0.319 e. The highest BCUT2D eigenvalue weighted by Crippen LogP contribution is 2.08. The van der Waals surface area contributed by atoms with Gasteiger partial charge in [0, 0.05) is 5.69 Å².